The maximum atomic E-state index is 13.0. The molecule has 35 heavy (non-hydrogen) atoms. The highest BCUT2D eigenvalue weighted by atomic mass is 32.1. The van der Waals surface area contributed by atoms with Gasteiger partial charge in [-0.05, 0) is 67.8 Å². The lowest BCUT2D eigenvalue weighted by molar-refractivity contribution is -0.137. The fourth-order valence-corrected chi connectivity index (χ4v) is 5.32. The SMILES string of the molecule is Cc1nc2ccc(C(CCc3ccc(C(F)(F)F)cc3)N(C)C(C(N)=O)c3ccccc3)cc2s1. The zero-order valence-corrected chi connectivity index (χ0v) is 20.2. The second-order valence-corrected chi connectivity index (χ2v) is 9.83. The molecule has 182 valence electrons. The van der Waals surface area contributed by atoms with E-state index >= 15 is 0 Å². The molecule has 2 atom stereocenters. The van der Waals surface area contributed by atoms with Crippen molar-refractivity contribution in [2.24, 2.45) is 5.73 Å². The second-order valence-electron chi connectivity index (χ2n) is 8.59. The van der Waals surface area contributed by atoms with Crippen molar-refractivity contribution >= 4 is 27.5 Å². The van der Waals surface area contributed by atoms with E-state index in [9.17, 15) is 18.0 Å². The number of primary amides is 1. The van der Waals surface area contributed by atoms with Gasteiger partial charge < -0.3 is 5.73 Å². The van der Waals surface area contributed by atoms with Crippen molar-refractivity contribution in [3.05, 3.63) is 100 Å². The predicted octanol–water partition coefficient (Wildman–Crippen LogP) is 6.46. The maximum Gasteiger partial charge on any atom is 0.416 e. The third-order valence-electron chi connectivity index (χ3n) is 6.18. The van der Waals surface area contributed by atoms with E-state index in [0.717, 1.165) is 44.0 Å². The minimum Gasteiger partial charge on any atom is -0.368 e. The predicted molar refractivity (Wildman–Crippen MR) is 133 cm³/mol. The Morgan fingerprint density at radius 3 is 2.34 bits per heavy atom. The van der Waals surface area contributed by atoms with Gasteiger partial charge in [-0.25, -0.2) is 4.98 Å². The summed E-state index contributed by atoms with van der Waals surface area (Å²) in [7, 11) is 1.86. The van der Waals surface area contributed by atoms with Gasteiger partial charge in [0.2, 0.25) is 5.91 Å². The van der Waals surface area contributed by atoms with Gasteiger partial charge in [0.1, 0.15) is 6.04 Å². The summed E-state index contributed by atoms with van der Waals surface area (Å²) in [5, 5.41) is 0.964. The van der Waals surface area contributed by atoms with E-state index in [4.69, 9.17) is 5.73 Å². The summed E-state index contributed by atoms with van der Waals surface area (Å²) in [5.74, 6) is -0.465. The molecule has 0 aliphatic rings. The van der Waals surface area contributed by atoms with Crippen LogP contribution in [-0.4, -0.2) is 22.8 Å². The summed E-state index contributed by atoms with van der Waals surface area (Å²) < 4.78 is 39.9. The monoisotopic (exact) mass is 497 g/mol. The number of halogens is 3. The average Bonchev–Trinajstić information content (AvgIpc) is 3.19. The number of likely N-dealkylation sites (N-methyl/N-ethyl adjacent to an activating group) is 1. The number of fused-ring (bicyclic) bond motifs is 1. The highest BCUT2D eigenvalue weighted by molar-refractivity contribution is 7.18. The van der Waals surface area contributed by atoms with Gasteiger partial charge in [-0.15, -0.1) is 11.3 Å². The van der Waals surface area contributed by atoms with Crippen molar-refractivity contribution in [1.82, 2.24) is 9.88 Å². The Kier molecular flexibility index (Phi) is 7.23. The first-order chi connectivity index (χ1) is 16.6. The van der Waals surface area contributed by atoms with E-state index in [1.807, 2.05) is 61.3 Å². The lowest BCUT2D eigenvalue weighted by Crippen LogP contribution is -2.38. The molecule has 4 rings (SSSR count). The molecule has 3 aromatic carbocycles. The number of aryl methyl sites for hydroxylation is 2. The summed E-state index contributed by atoms with van der Waals surface area (Å²) in [4.78, 5) is 19.0. The Morgan fingerprint density at radius 1 is 1.03 bits per heavy atom. The Hall–Kier alpha value is -3.23. The molecule has 0 aliphatic carbocycles. The lowest BCUT2D eigenvalue weighted by Gasteiger charge is -2.34. The molecular formula is C27H26F3N3OS. The molecule has 4 nitrogen and oxygen atoms in total. The molecule has 0 saturated carbocycles. The van der Waals surface area contributed by atoms with Crippen molar-refractivity contribution in [3.8, 4) is 0 Å². The third kappa shape index (κ3) is 5.71. The van der Waals surface area contributed by atoms with Crippen LogP contribution in [0.25, 0.3) is 10.2 Å². The Labute approximate surface area is 206 Å². The first-order valence-electron chi connectivity index (χ1n) is 11.2. The van der Waals surface area contributed by atoms with Crippen LogP contribution in [0.1, 0.15) is 45.8 Å². The van der Waals surface area contributed by atoms with Crippen LogP contribution in [-0.2, 0) is 17.4 Å². The van der Waals surface area contributed by atoms with Gasteiger partial charge in [0.15, 0.2) is 0 Å². The number of carbonyl (C=O) groups is 1. The molecule has 0 bridgehead atoms. The average molecular weight is 498 g/mol. The highest BCUT2D eigenvalue weighted by Crippen LogP contribution is 2.35. The summed E-state index contributed by atoms with van der Waals surface area (Å²) in [5.41, 5.74) is 8.67. The van der Waals surface area contributed by atoms with Crippen LogP contribution in [0, 0.1) is 6.92 Å². The second kappa shape index (κ2) is 10.2. The Bertz CT molecular complexity index is 1300. The molecule has 0 spiro atoms. The standard InChI is InChI=1S/C27H26F3N3OS/c1-17-32-22-14-11-20(16-24(22)35-17)23(15-10-18-8-12-21(13-9-18)27(28,29)30)33(2)25(26(31)34)19-6-4-3-5-7-19/h3-9,11-14,16,23,25H,10,15H2,1-2H3,(H2,31,34). The number of aromatic nitrogens is 1. The van der Waals surface area contributed by atoms with Gasteiger partial charge in [-0.3, -0.25) is 9.69 Å². The number of hydrogen-bond acceptors (Lipinski definition) is 4. The summed E-state index contributed by atoms with van der Waals surface area (Å²) in [6.07, 6.45) is -3.25. The highest BCUT2D eigenvalue weighted by Gasteiger charge is 2.31. The smallest absolute Gasteiger partial charge is 0.368 e. The van der Waals surface area contributed by atoms with Crippen LogP contribution < -0.4 is 5.73 Å². The largest absolute Gasteiger partial charge is 0.416 e. The van der Waals surface area contributed by atoms with Gasteiger partial charge in [-0.2, -0.15) is 13.2 Å². The van der Waals surface area contributed by atoms with Crippen molar-refractivity contribution in [2.75, 3.05) is 7.05 Å². The molecule has 2 N–H and O–H groups in total. The molecule has 0 saturated heterocycles. The number of nitrogens with two attached hydrogens (primary N) is 1. The van der Waals surface area contributed by atoms with E-state index in [-0.39, 0.29) is 6.04 Å². The van der Waals surface area contributed by atoms with Crippen LogP contribution >= 0.6 is 11.3 Å². The van der Waals surface area contributed by atoms with Gasteiger partial charge in [0.05, 0.1) is 20.8 Å². The van der Waals surface area contributed by atoms with E-state index in [0.29, 0.717) is 12.8 Å². The summed E-state index contributed by atoms with van der Waals surface area (Å²) in [6, 6.07) is 19.8. The van der Waals surface area contributed by atoms with E-state index in [1.54, 1.807) is 11.3 Å². The third-order valence-corrected chi connectivity index (χ3v) is 7.11. The molecule has 8 heteroatoms. The van der Waals surface area contributed by atoms with Crippen LogP contribution in [0.4, 0.5) is 13.2 Å². The van der Waals surface area contributed by atoms with Crippen LogP contribution in [0.5, 0.6) is 0 Å². The van der Waals surface area contributed by atoms with Gasteiger partial charge in [0, 0.05) is 6.04 Å². The topological polar surface area (TPSA) is 59.2 Å². The van der Waals surface area contributed by atoms with Gasteiger partial charge >= 0.3 is 6.18 Å². The number of hydrogen-bond donors (Lipinski definition) is 1. The fraction of sp³-hybridized carbons (Fsp3) is 0.259. The number of amides is 1. The van der Waals surface area contributed by atoms with Crippen molar-refractivity contribution in [2.45, 2.75) is 38.0 Å². The van der Waals surface area contributed by atoms with E-state index < -0.39 is 23.7 Å². The molecule has 1 aromatic heterocycles. The van der Waals surface area contributed by atoms with E-state index in [2.05, 4.69) is 11.1 Å². The zero-order chi connectivity index (χ0) is 25.2. The number of rotatable bonds is 8. The quantitative estimate of drug-likeness (QED) is 0.304. The van der Waals surface area contributed by atoms with Gasteiger partial charge in [0.25, 0.3) is 0 Å². The zero-order valence-electron chi connectivity index (χ0n) is 19.4. The number of thiazole rings is 1. The number of nitrogens with zero attached hydrogens (tertiary/aromatic N) is 2. The molecule has 1 amide bonds. The molecule has 4 aromatic rings. The van der Waals surface area contributed by atoms with Crippen molar-refractivity contribution in [3.63, 3.8) is 0 Å². The molecule has 2 unspecified atom stereocenters. The normalized spacial score (nSPS) is 13.8. The first kappa shape index (κ1) is 24.9. The first-order valence-corrected chi connectivity index (χ1v) is 12.0. The Balaban J connectivity index is 1.67. The molecule has 1 heterocycles. The van der Waals surface area contributed by atoms with Crippen molar-refractivity contribution in [1.29, 1.82) is 0 Å². The minimum absolute atomic E-state index is 0.207. The van der Waals surface area contributed by atoms with Crippen LogP contribution in [0.15, 0.2) is 72.8 Å². The minimum atomic E-state index is -4.37. The van der Waals surface area contributed by atoms with E-state index in [1.165, 1.54) is 12.1 Å². The summed E-state index contributed by atoms with van der Waals surface area (Å²) >= 11 is 1.60. The summed E-state index contributed by atoms with van der Waals surface area (Å²) in [6.45, 7) is 1.96. The van der Waals surface area contributed by atoms with Crippen LogP contribution in [0.3, 0.4) is 0 Å². The molecular weight excluding hydrogens is 471 g/mol. The fourth-order valence-electron chi connectivity index (χ4n) is 4.45. The van der Waals surface area contributed by atoms with Crippen LogP contribution in [0.2, 0.25) is 0 Å². The number of carbonyl (C=O) groups excluding carboxylic acids is 1. The molecule has 0 aliphatic heterocycles. The number of alkyl halides is 3. The van der Waals surface area contributed by atoms with Crippen molar-refractivity contribution < 1.29 is 18.0 Å². The van der Waals surface area contributed by atoms with Gasteiger partial charge in [-0.1, -0.05) is 48.5 Å². The Morgan fingerprint density at radius 2 is 1.71 bits per heavy atom. The maximum absolute atomic E-state index is 13.0. The lowest BCUT2D eigenvalue weighted by atomic mass is 9.94. The molecule has 0 fully saturated rings. The number of benzene rings is 3. The molecule has 0 radical (unpaired) electrons.